The second-order valence-corrected chi connectivity index (χ2v) is 6.21. The van der Waals surface area contributed by atoms with Gasteiger partial charge in [-0.3, -0.25) is 0 Å². The van der Waals surface area contributed by atoms with Crippen molar-refractivity contribution in [1.29, 1.82) is 0 Å². The smallest absolute Gasteiger partial charge is 0.124 e. The third kappa shape index (κ3) is 2.31. The first kappa shape index (κ1) is 12.2. The van der Waals surface area contributed by atoms with Gasteiger partial charge in [-0.25, -0.2) is 4.98 Å². The SMILES string of the molecule is CC(C)NCc1nc2cc(Br)ccc2n1C1CC1. The van der Waals surface area contributed by atoms with Crippen molar-refractivity contribution in [3.8, 4) is 0 Å². The fraction of sp³-hybridized carbons (Fsp3) is 0.500. The van der Waals surface area contributed by atoms with Gasteiger partial charge < -0.3 is 9.88 Å². The van der Waals surface area contributed by atoms with Crippen molar-refractivity contribution < 1.29 is 0 Å². The summed E-state index contributed by atoms with van der Waals surface area (Å²) in [6.45, 7) is 5.18. The van der Waals surface area contributed by atoms with E-state index in [2.05, 4.69) is 57.9 Å². The molecule has 1 fully saturated rings. The van der Waals surface area contributed by atoms with Gasteiger partial charge in [0.05, 0.1) is 17.6 Å². The van der Waals surface area contributed by atoms with Crippen LogP contribution in [0.15, 0.2) is 22.7 Å². The summed E-state index contributed by atoms with van der Waals surface area (Å²) in [5.74, 6) is 1.17. The number of aromatic nitrogens is 2. The number of fused-ring (bicyclic) bond motifs is 1. The minimum atomic E-state index is 0.490. The van der Waals surface area contributed by atoms with Crippen molar-refractivity contribution in [3.63, 3.8) is 0 Å². The third-order valence-electron chi connectivity index (χ3n) is 3.31. The Kier molecular flexibility index (Phi) is 3.16. The van der Waals surface area contributed by atoms with Crippen molar-refractivity contribution >= 4 is 27.0 Å². The molecule has 1 saturated carbocycles. The summed E-state index contributed by atoms with van der Waals surface area (Å²) in [7, 11) is 0. The maximum Gasteiger partial charge on any atom is 0.124 e. The summed E-state index contributed by atoms with van der Waals surface area (Å²) < 4.78 is 3.51. The summed E-state index contributed by atoms with van der Waals surface area (Å²) in [5.41, 5.74) is 2.36. The second kappa shape index (κ2) is 4.67. The Bertz CT molecular complexity index is 570. The van der Waals surface area contributed by atoms with Crippen LogP contribution in [-0.4, -0.2) is 15.6 Å². The molecule has 0 unspecified atom stereocenters. The van der Waals surface area contributed by atoms with Crippen LogP contribution >= 0.6 is 15.9 Å². The topological polar surface area (TPSA) is 29.9 Å². The van der Waals surface area contributed by atoms with Crippen molar-refractivity contribution in [2.75, 3.05) is 0 Å². The summed E-state index contributed by atoms with van der Waals surface area (Å²) >= 11 is 3.52. The molecular formula is C14H18BrN3. The first-order chi connectivity index (χ1) is 8.65. The largest absolute Gasteiger partial charge is 0.324 e. The van der Waals surface area contributed by atoms with Crippen LogP contribution in [0.4, 0.5) is 0 Å². The van der Waals surface area contributed by atoms with Gasteiger partial charge in [0.1, 0.15) is 5.82 Å². The lowest BCUT2D eigenvalue weighted by atomic mass is 10.3. The van der Waals surface area contributed by atoms with Gasteiger partial charge in [0.25, 0.3) is 0 Å². The van der Waals surface area contributed by atoms with E-state index < -0.39 is 0 Å². The van der Waals surface area contributed by atoms with E-state index in [0.29, 0.717) is 12.1 Å². The van der Waals surface area contributed by atoms with Crippen LogP contribution in [-0.2, 0) is 6.54 Å². The zero-order valence-electron chi connectivity index (χ0n) is 10.8. The zero-order valence-corrected chi connectivity index (χ0v) is 12.4. The van der Waals surface area contributed by atoms with Gasteiger partial charge in [-0.05, 0) is 31.0 Å². The van der Waals surface area contributed by atoms with E-state index in [4.69, 9.17) is 4.98 Å². The molecule has 18 heavy (non-hydrogen) atoms. The molecule has 1 aromatic carbocycles. The van der Waals surface area contributed by atoms with E-state index in [1.807, 2.05) is 0 Å². The molecule has 1 heterocycles. The van der Waals surface area contributed by atoms with Crippen LogP contribution in [0, 0.1) is 0 Å². The van der Waals surface area contributed by atoms with Gasteiger partial charge >= 0.3 is 0 Å². The molecule has 96 valence electrons. The summed E-state index contributed by atoms with van der Waals surface area (Å²) in [4.78, 5) is 4.78. The van der Waals surface area contributed by atoms with E-state index in [0.717, 1.165) is 16.5 Å². The fourth-order valence-electron chi connectivity index (χ4n) is 2.28. The molecule has 0 radical (unpaired) electrons. The lowest BCUT2D eigenvalue weighted by Crippen LogP contribution is -2.23. The van der Waals surface area contributed by atoms with Crippen LogP contribution < -0.4 is 5.32 Å². The highest BCUT2D eigenvalue weighted by Crippen LogP contribution is 2.39. The van der Waals surface area contributed by atoms with Gasteiger partial charge in [0.15, 0.2) is 0 Å². The Morgan fingerprint density at radius 3 is 2.89 bits per heavy atom. The van der Waals surface area contributed by atoms with Crippen molar-refractivity contribution in [1.82, 2.24) is 14.9 Å². The van der Waals surface area contributed by atoms with Crippen molar-refractivity contribution in [2.24, 2.45) is 0 Å². The monoisotopic (exact) mass is 307 g/mol. The van der Waals surface area contributed by atoms with Crippen LogP contribution in [0.1, 0.15) is 38.6 Å². The number of rotatable bonds is 4. The molecule has 0 saturated heterocycles. The Morgan fingerprint density at radius 1 is 1.44 bits per heavy atom. The van der Waals surface area contributed by atoms with Crippen LogP contribution in [0.2, 0.25) is 0 Å². The Labute approximate surface area is 116 Å². The predicted molar refractivity (Wildman–Crippen MR) is 77.7 cm³/mol. The number of imidazole rings is 1. The minimum Gasteiger partial charge on any atom is -0.324 e. The molecule has 1 aliphatic rings. The average molecular weight is 308 g/mol. The molecule has 0 spiro atoms. The van der Waals surface area contributed by atoms with E-state index in [-0.39, 0.29) is 0 Å². The van der Waals surface area contributed by atoms with E-state index in [9.17, 15) is 0 Å². The van der Waals surface area contributed by atoms with E-state index in [1.54, 1.807) is 0 Å². The number of nitrogens with zero attached hydrogens (tertiary/aromatic N) is 2. The first-order valence-electron chi connectivity index (χ1n) is 6.55. The highest BCUT2D eigenvalue weighted by atomic mass is 79.9. The maximum atomic E-state index is 4.78. The molecule has 0 amide bonds. The van der Waals surface area contributed by atoms with Gasteiger partial charge in [-0.2, -0.15) is 0 Å². The second-order valence-electron chi connectivity index (χ2n) is 5.30. The minimum absolute atomic E-state index is 0.490. The van der Waals surface area contributed by atoms with Gasteiger partial charge in [0.2, 0.25) is 0 Å². The fourth-order valence-corrected chi connectivity index (χ4v) is 2.63. The number of halogens is 1. The van der Waals surface area contributed by atoms with Crippen molar-refractivity contribution in [2.45, 2.75) is 45.3 Å². The third-order valence-corrected chi connectivity index (χ3v) is 3.80. The molecule has 0 bridgehead atoms. The molecule has 1 aromatic heterocycles. The molecule has 2 aromatic rings. The number of nitrogens with one attached hydrogen (secondary N) is 1. The van der Waals surface area contributed by atoms with Crippen LogP contribution in [0.5, 0.6) is 0 Å². The van der Waals surface area contributed by atoms with E-state index >= 15 is 0 Å². The Hall–Kier alpha value is -0.870. The van der Waals surface area contributed by atoms with Crippen LogP contribution in [0.25, 0.3) is 11.0 Å². The maximum absolute atomic E-state index is 4.78. The number of hydrogen-bond acceptors (Lipinski definition) is 2. The average Bonchev–Trinajstić information content (AvgIpc) is 3.08. The summed E-state index contributed by atoms with van der Waals surface area (Å²) in [5, 5.41) is 3.47. The highest BCUT2D eigenvalue weighted by Gasteiger charge is 2.28. The normalized spacial score (nSPS) is 15.8. The molecular weight excluding hydrogens is 290 g/mol. The molecule has 1 N–H and O–H groups in total. The first-order valence-corrected chi connectivity index (χ1v) is 7.34. The quantitative estimate of drug-likeness (QED) is 0.934. The summed E-state index contributed by atoms with van der Waals surface area (Å²) in [6, 6.07) is 7.53. The predicted octanol–water partition coefficient (Wildman–Crippen LogP) is 3.63. The van der Waals surface area contributed by atoms with Gasteiger partial charge in [0, 0.05) is 16.6 Å². The molecule has 4 heteroatoms. The standard InChI is InChI=1S/C14H18BrN3/c1-9(2)16-8-14-17-12-7-10(15)3-6-13(12)18(14)11-4-5-11/h3,6-7,9,11,16H,4-5,8H2,1-2H3. The molecule has 0 atom stereocenters. The number of benzene rings is 1. The molecule has 3 nitrogen and oxygen atoms in total. The summed E-state index contributed by atoms with van der Waals surface area (Å²) in [6.07, 6.45) is 2.58. The number of hydrogen-bond donors (Lipinski definition) is 1. The lowest BCUT2D eigenvalue weighted by molar-refractivity contribution is 0.552. The lowest BCUT2D eigenvalue weighted by Gasteiger charge is -2.10. The van der Waals surface area contributed by atoms with Gasteiger partial charge in [-0.1, -0.05) is 29.8 Å². The zero-order chi connectivity index (χ0) is 12.7. The van der Waals surface area contributed by atoms with Crippen molar-refractivity contribution in [3.05, 3.63) is 28.5 Å². The molecule has 0 aliphatic heterocycles. The highest BCUT2D eigenvalue weighted by molar-refractivity contribution is 9.10. The van der Waals surface area contributed by atoms with Crippen LogP contribution in [0.3, 0.4) is 0 Å². The Balaban J connectivity index is 2.03. The van der Waals surface area contributed by atoms with Gasteiger partial charge in [-0.15, -0.1) is 0 Å². The molecule has 3 rings (SSSR count). The van der Waals surface area contributed by atoms with E-state index in [1.165, 1.54) is 24.2 Å². The molecule has 1 aliphatic carbocycles. The Morgan fingerprint density at radius 2 is 2.22 bits per heavy atom.